The molecule has 1 aliphatic rings. The van der Waals surface area contributed by atoms with Gasteiger partial charge in [0.25, 0.3) is 0 Å². The van der Waals surface area contributed by atoms with E-state index in [0.717, 1.165) is 36.8 Å². The number of allylic oxidation sites excluding steroid dienone is 1. The molecule has 120 valence electrons. The van der Waals surface area contributed by atoms with Gasteiger partial charge in [-0.25, -0.2) is 8.42 Å². The van der Waals surface area contributed by atoms with Gasteiger partial charge in [-0.05, 0) is 50.3 Å². The zero-order valence-corrected chi connectivity index (χ0v) is 14.0. The van der Waals surface area contributed by atoms with Gasteiger partial charge in [0.2, 0.25) is 0 Å². The molecule has 22 heavy (non-hydrogen) atoms. The second-order valence-corrected chi connectivity index (χ2v) is 7.75. The van der Waals surface area contributed by atoms with Crippen LogP contribution >= 0.6 is 0 Å². The summed E-state index contributed by atoms with van der Waals surface area (Å²) in [5.74, 6) is 0.569. The molecule has 0 amide bonds. The number of benzene rings is 1. The van der Waals surface area contributed by atoms with Crippen molar-refractivity contribution in [2.75, 3.05) is 12.4 Å². The Balaban J connectivity index is 2.25. The van der Waals surface area contributed by atoms with Crippen LogP contribution in [-0.2, 0) is 14.6 Å². The summed E-state index contributed by atoms with van der Waals surface area (Å²) in [6.45, 7) is 5.94. The van der Waals surface area contributed by atoms with E-state index < -0.39 is 9.84 Å². The fourth-order valence-corrected chi connectivity index (χ4v) is 4.01. The first-order chi connectivity index (χ1) is 10.5. The number of hydrogen-bond donors (Lipinski definition) is 0. The molecule has 1 aliphatic carbocycles. The van der Waals surface area contributed by atoms with Crippen LogP contribution in [0.3, 0.4) is 0 Å². The molecule has 1 fully saturated rings. The molecule has 0 atom stereocenters. The Hall–Kier alpha value is -1.55. The van der Waals surface area contributed by atoms with Crippen LogP contribution in [0.4, 0.5) is 0 Å². The summed E-state index contributed by atoms with van der Waals surface area (Å²) in [4.78, 5) is 0.356. The average molecular weight is 320 g/mol. The predicted octanol–water partition coefficient (Wildman–Crippen LogP) is 4.19. The summed E-state index contributed by atoms with van der Waals surface area (Å²) in [6, 6.07) is 6.98. The Morgan fingerprint density at radius 3 is 2.41 bits per heavy atom. The van der Waals surface area contributed by atoms with Crippen molar-refractivity contribution in [1.29, 1.82) is 0 Å². The van der Waals surface area contributed by atoms with E-state index in [1.165, 1.54) is 6.42 Å². The predicted molar refractivity (Wildman–Crippen MR) is 89.5 cm³/mol. The molecule has 0 aliphatic heterocycles. The van der Waals surface area contributed by atoms with Gasteiger partial charge in [-0.2, -0.15) is 0 Å². The summed E-state index contributed by atoms with van der Waals surface area (Å²) in [7, 11) is -3.37. The van der Waals surface area contributed by atoms with Crippen LogP contribution in [0.15, 0.2) is 53.1 Å². The smallest absolute Gasteiger partial charge is 0.185 e. The highest BCUT2D eigenvalue weighted by Crippen LogP contribution is 2.28. The first-order valence-electron chi connectivity index (χ1n) is 7.77. The van der Waals surface area contributed by atoms with Gasteiger partial charge in [0.05, 0.1) is 4.90 Å². The second-order valence-electron chi connectivity index (χ2n) is 5.76. The van der Waals surface area contributed by atoms with Crippen LogP contribution in [0.1, 0.15) is 37.7 Å². The molecule has 0 N–H and O–H groups in total. The van der Waals surface area contributed by atoms with E-state index in [-0.39, 0.29) is 5.75 Å². The molecular weight excluding hydrogens is 296 g/mol. The Kier molecular flexibility index (Phi) is 5.83. The maximum atomic E-state index is 12.6. The Labute approximate surface area is 133 Å². The van der Waals surface area contributed by atoms with Gasteiger partial charge < -0.3 is 4.74 Å². The molecule has 2 rings (SSSR count). The summed E-state index contributed by atoms with van der Waals surface area (Å²) in [5.41, 5.74) is 2.21. The van der Waals surface area contributed by atoms with E-state index in [2.05, 4.69) is 6.58 Å². The van der Waals surface area contributed by atoms with Gasteiger partial charge in [0.15, 0.2) is 9.84 Å². The van der Waals surface area contributed by atoms with Crippen molar-refractivity contribution in [2.24, 2.45) is 0 Å². The molecule has 1 aromatic carbocycles. The van der Waals surface area contributed by atoms with Crippen LogP contribution in [0.5, 0.6) is 0 Å². The minimum absolute atomic E-state index is 0.0563. The summed E-state index contributed by atoms with van der Waals surface area (Å²) in [6.07, 6.45) is 6.97. The third-order valence-electron chi connectivity index (χ3n) is 3.93. The summed E-state index contributed by atoms with van der Waals surface area (Å²) in [5, 5.41) is 0. The van der Waals surface area contributed by atoms with Crippen LogP contribution < -0.4 is 0 Å². The molecule has 0 spiro atoms. The molecule has 1 saturated carbocycles. The molecule has 0 heterocycles. The molecule has 0 saturated heterocycles. The summed E-state index contributed by atoms with van der Waals surface area (Å²) < 4.78 is 30.9. The lowest BCUT2D eigenvalue weighted by Crippen LogP contribution is -2.14. The first kappa shape index (κ1) is 16.8. The van der Waals surface area contributed by atoms with E-state index in [9.17, 15) is 8.42 Å². The van der Waals surface area contributed by atoms with Crippen molar-refractivity contribution in [2.45, 2.75) is 43.9 Å². The standard InChI is InChI=1S/C18H24O3S/c1-3-13-21-18(16-7-5-4-6-8-16)14-22(19,20)17-11-9-15(2)10-12-17/h3,9-12H,1,4-8,13-14H2,2H3. The van der Waals surface area contributed by atoms with Gasteiger partial charge in [0, 0.05) is 0 Å². The van der Waals surface area contributed by atoms with E-state index >= 15 is 0 Å². The van der Waals surface area contributed by atoms with Crippen molar-refractivity contribution < 1.29 is 13.2 Å². The van der Waals surface area contributed by atoms with Crippen LogP contribution in [0, 0.1) is 6.92 Å². The Morgan fingerprint density at radius 2 is 1.82 bits per heavy atom. The second kappa shape index (κ2) is 7.63. The van der Waals surface area contributed by atoms with Crippen molar-refractivity contribution in [3.05, 3.63) is 53.8 Å². The molecule has 0 unspecified atom stereocenters. The molecule has 0 bridgehead atoms. The van der Waals surface area contributed by atoms with Gasteiger partial charge in [-0.1, -0.05) is 36.8 Å². The fourth-order valence-electron chi connectivity index (χ4n) is 2.66. The quantitative estimate of drug-likeness (QED) is 0.583. The maximum Gasteiger partial charge on any atom is 0.185 e. The Morgan fingerprint density at radius 1 is 1.18 bits per heavy atom. The van der Waals surface area contributed by atoms with E-state index in [4.69, 9.17) is 4.74 Å². The summed E-state index contributed by atoms with van der Waals surface area (Å²) >= 11 is 0. The minimum Gasteiger partial charge on any atom is -0.493 e. The number of rotatable bonds is 6. The molecule has 4 heteroatoms. The fraction of sp³-hybridized carbons (Fsp3) is 0.444. The third-order valence-corrected chi connectivity index (χ3v) is 5.56. The van der Waals surface area contributed by atoms with E-state index in [1.807, 2.05) is 19.1 Å². The zero-order valence-electron chi connectivity index (χ0n) is 13.2. The van der Waals surface area contributed by atoms with Crippen molar-refractivity contribution in [3.8, 4) is 0 Å². The lowest BCUT2D eigenvalue weighted by molar-refractivity contribution is 0.242. The lowest BCUT2D eigenvalue weighted by Gasteiger charge is -2.19. The largest absolute Gasteiger partial charge is 0.493 e. The highest BCUT2D eigenvalue weighted by atomic mass is 32.2. The molecule has 0 aromatic heterocycles. The third kappa shape index (κ3) is 4.47. The zero-order chi connectivity index (χ0) is 16.0. The van der Waals surface area contributed by atoms with Crippen LogP contribution in [0.25, 0.3) is 0 Å². The topological polar surface area (TPSA) is 43.4 Å². The minimum atomic E-state index is -3.37. The van der Waals surface area contributed by atoms with Gasteiger partial charge >= 0.3 is 0 Å². The van der Waals surface area contributed by atoms with Crippen molar-refractivity contribution >= 4 is 9.84 Å². The number of ether oxygens (including phenoxy) is 1. The van der Waals surface area contributed by atoms with E-state index in [1.54, 1.807) is 18.2 Å². The number of sulfone groups is 1. The lowest BCUT2D eigenvalue weighted by atomic mass is 9.94. The van der Waals surface area contributed by atoms with E-state index in [0.29, 0.717) is 17.3 Å². The molecule has 1 aromatic rings. The number of hydrogen-bond acceptors (Lipinski definition) is 3. The maximum absolute atomic E-state index is 12.6. The molecule has 3 nitrogen and oxygen atoms in total. The SMILES string of the molecule is C=CCOC(CS(=O)(=O)c1ccc(C)cc1)=C1CCCCC1. The average Bonchev–Trinajstić information content (AvgIpc) is 2.52. The highest BCUT2D eigenvalue weighted by Gasteiger charge is 2.21. The first-order valence-corrected chi connectivity index (χ1v) is 9.42. The monoisotopic (exact) mass is 320 g/mol. The van der Waals surface area contributed by atoms with Gasteiger partial charge in [-0.3, -0.25) is 0 Å². The van der Waals surface area contributed by atoms with Crippen molar-refractivity contribution in [1.82, 2.24) is 0 Å². The van der Waals surface area contributed by atoms with Crippen molar-refractivity contribution in [3.63, 3.8) is 0 Å². The number of aryl methyl sites for hydroxylation is 1. The molecular formula is C18H24O3S. The molecule has 0 radical (unpaired) electrons. The van der Waals surface area contributed by atoms with Crippen LogP contribution in [0.2, 0.25) is 0 Å². The Bertz CT molecular complexity index is 631. The van der Waals surface area contributed by atoms with Gasteiger partial charge in [0.1, 0.15) is 18.1 Å². The normalized spacial score (nSPS) is 15.4. The van der Waals surface area contributed by atoms with Gasteiger partial charge in [-0.15, -0.1) is 0 Å². The highest BCUT2D eigenvalue weighted by molar-refractivity contribution is 7.91. The van der Waals surface area contributed by atoms with Crippen LogP contribution in [-0.4, -0.2) is 20.8 Å².